The fraction of sp³-hybridized carbons (Fsp3) is 0.692. The standard InChI is InChI=1S/C13H22N4O/c1-13(2,10-4-3-5-14-6-10)12(18)16-8-11-7-15-9-17-11/h7,9-10,14H,3-6,8H2,1-2H3,(H,15,17)(H,16,18). The molecule has 1 aliphatic rings. The first-order valence-electron chi connectivity index (χ1n) is 6.57. The van der Waals surface area contributed by atoms with Gasteiger partial charge in [0.25, 0.3) is 0 Å². The predicted molar refractivity (Wildman–Crippen MR) is 69.8 cm³/mol. The van der Waals surface area contributed by atoms with Crippen molar-refractivity contribution in [2.24, 2.45) is 11.3 Å². The van der Waals surface area contributed by atoms with Crippen LogP contribution in [-0.4, -0.2) is 29.0 Å². The highest BCUT2D eigenvalue weighted by atomic mass is 16.2. The van der Waals surface area contributed by atoms with Crippen LogP contribution in [-0.2, 0) is 11.3 Å². The van der Waals surface area contributed by atoms with Crippen LogP contribution in [0.4, 0.5) is 0 Å². The third-order valence-electron chi connectivity index (χ3n) is 3.90. The summed E-state index contributed by atoms with van der Waals surface area (Å²) in [5.74, 6) is 0.527. The summed E-state index contributed by atoms with van der Waals surface area (Å²) < 4.78 is 0. The highest BCUT2D eigenvalue weighted by molar-refractivity contribution is 5.82. The monoisotopic (exact) mass is 250 g/mol. The highest BCUT2D eigenvalue weighted by Gasteiger charge is 2.36. The Morgan fingerprint density at radius 2 is 2.44 bits per heavy atom. The van der Waals surface area contributed by atoms with Gasteiger partial charge in [-0.05, 0) is 31.8 Å². The van der Waals surface area contributed by atoms with Gasteiger partial charge in [-0.25, -0.2) is 4.98 Å². The van der Waals surface area contributed by atoms with Crippen molar-refractivity contribution >= 4 is 5.91 Å². The molecule has 1 unspecified atom stereocenters. The number of amides is 1. The lowest BCUT2D eigenvalue weighted by atomic mass is 9.74. The van der Waals surface area contributed by atoms with Crippen molar-refractivity contribution in [1.29, 1.82) is 0 Å². The molecule has 5 heteroatoms. The van der Waals surface area contributed by atoms with Gasteiger partial charge in [-0.2, -0.15) is 0 Å². The summed E-state index contributed by atoms with van der Waals surface area (Å²) in [6.07, 6.45) is 5.63. The third kappa shape index (κ3) is 2.90. The van der Waals surface area contributed by atoms with Crippen LogP contribution in [0.15, 0.2) is 12.5 Å². The average molecular weight is 250 g/mol. The molecule has 1 atom stereocenters. The Morgan fingerprint density at radius 1 is 1.61 bits per heavy atom. The Kier molecular flexibility index (Phi) is 4.01. The number of piperidine rings is 1. The second kappa shape index (κ2) is 5.52. The van der Waals surface area contributed by atoms with Gasteiger partial charge < -0.3 is 15.6 Å². The van der Waals surface area contributed by atoms with Crippen molar-refractivity contribution in [3.05, 3.63) is 18.2 Å². The number of nitrogens with zero attached hydrogens (tertiary/aromatic N) is 1. The van der Waals surface area contributed by atoms with E-state index in [-0.39, 0.29) is 11.3 Å². The van der Waals surface area contributed by atoms with Gasteiger partial charge in [-0.15, -0.1) is 0 Å². The molecular weight excluding hydrogens is 228 g/mol. The second-order valence-electron chi connectivity index (χ2n) is 5.52. The fourth-order valence-electron chi connectivity index (χ4n) is 2.44. The molecule has 1 saturated heterocycles. The summed E-state index contributed by atoms with van der Waals surface area (Å²) in [5.41, 5.74) is 0.605. The molecule has 0 bridgehead atoms. The second-order valence-corrected chi connectivity index (χ2v) is 5.52. The normalized spacial score (nSPS) is 20.7. The first-order valence-corrected chi connectivity index (χ1v) is 6.57. The van der Waals surface area contributed by atoms with E-state index in [2.05, 4.69) is 20.6 Å². The van der Waals surface area contributed by atoms with Crippen LogP contribution in [0.3, 0.4) is 0 Å². The quantitative estimate of drug-likeness (QED) is 0.748. The fourth-order valence-corrected chi connectivity index (χ4v) is 2.44. The number of aromatic nitrogens is 2. The van der Waals surface area contributed by atoms with Crippen LogP contribution in [0.25, 0.3) is 0 Å². The smallest absolute Gasteiger partial charge is 0.226 e. The number of carbonyl (C=O) groups is 1. The van der Waals surface area contributed by atoms with E-state index in [1.807, 2.05) is 13.8 Å². The van der Waals surface area contributed by atoms with Crippen LogP contribution < -0.4 is 10.6 Å². The zero-order chi connectivity index (χ0) is 13.0. The largest absolute Gasteiger partial charge is 0.350 e. The molecule has 0 aromatic carbocycles. The van der Waals surface area contributed by atoms with E-state index < -0.39 is 0 Å². The summed E-state index contributed by atoms with van der Waals surface area (Å²) in [5, 5.41) is 6.35. The molecule has 1 aliphatic heterocycles. The molecule has 1 aromatic heterocycles. The summed E-state index contributed by atoms with van der Waals surface area (Å²) in [7, 11) is 0. The number of hydrogen-bond donors (Lipinski definition) is 3. The summed E-state index contributed by atoms with van der Waals surface area (Å²) in [4.78, 5) is 19.2. The van der Waals surface area contributed by atoms with Crippen LogP contribution >= 0.6 is 0 Å². The maximum atomic E-state index is 12.3. The molecule has 2 rings (SSSR count). The van der Waals surface area contributed by atoms with Crippen molar-refractivity contribution in [3.63, 3.8) is 0 Å². The average Bonchev–Trinajstić information content (AvgIpc) is 2.90. The van der Waals surface area contributed by atoms with Crippen molar-refractivity contribution in [2.75, 3.05) is 13.1 Å². The van der Waals surface area contributed by atoms with E-state index in [9.17, 15) is 4.79 Å². The number of H-pyrrole nitrogens is 1. The highest BCUT2D eigenvalue weighted by Crippen LogP contribution is 2.31. The molecule has 100 valence electrons. The van der Waals surface area contributed by atoms with Crippen LogP contribution in [0.1, 0.15) is 32.4 Å². The number of carbonyl (C=O) groups excluding carboxylic acids is 1. The Bertz CT molecular complexity index is 380. The van der Waals surface area contributed by atoms with Crippen LogP contribution in [0, 0.1) is 11.3 Å². The minimum absolute atomic E-state index is 0.116. The zero-order valence-corrected chi connectivity index (χ0v) is 11.1. The lowest BCUT2D eigenvalue weighted by Crippen LogP contribution is -2.47. The third-order valence-corrected chi connectivity index (χ3v) is 3.90. The molecule has 1 fully saturated rings. The van der Waals surface area contributed by atoms with Gasteiger partial charge in [0, 0.05) is 11.6 Å². The van der Waals surface area contributed by atoms with E-state index in [1.54, 1.807) is 12.5 Å². The molecule has 1 amide bonds. The first-order chi connectivity index (χ1) is 8.60. The zero-order valence-electron chi connectivity index (χ0n) is 11.1. The van der Waals surface area contributed by atoms with Crippen LogP contribution in [0.5, 0.6) is 0 Å². The van der Waals surface area contributed by atoms with Crippen LogP contribution in [0.2, 0.25) is 0 Å². The molecule has 0 saturated carbocycles. The number of hydrogen-bond acceptors (Lipinski definition) is 3. The molecule has 0 radical (unpaired) electrons. The summed E-state index contributed by atoms with van der Waals surface area (Å²) >= 11 is 0. The molecule has 1 aromatic rings. The number of imidazole rings is 1. The Labute approximate surface area is 108 Å². The number of aromatic amines is 1. The van der Waals surface area contributed by atoms with E-state index >= 15 is 0 Å². The van der Waals surface area contributed by atoms with E-state index in [4.69, 9.17) is 0 Å². The maximum Gasteiger partial charge on any atom is 0.226 e. The molecule has 0 spiro atoms. The van der Waals surface area contributed by atoms with E-state index in [1.165, 1.54) is 0 Å². The molecule has 18 heavy (non-hydrogen) atoms. The summed E-state index contributed by atoms with van der Waals surface area (Å²) in [6, 6.07) is 0. The lowest BCUT2D eigenvalue weighted by molar-refractivity contribution is -0.132. The number of rotatable bonds is 4. The van der Waals surface area contributed by atoms with Gasteiger partial charge in [0.2, 0.25) is 5.91 Å². The van der Waals surface area contributed by atoms with Gasteiger partial charge in [0.15, 0.2) is 0 Å². The summed E-state index contributed by atoms with van der Waals surface area (Å²) in [6.45, 7) is 6.59. The number of nitrogens with one attached hydrogen (secondary N) is 3. The van der Waals surface area contributed by atoms with Crippen molar-refractivity contribution in [2.45, 2.75) is 33.2 Å². The van der Waals surface area contributed by atoms with Crippen molar-refractivity contribution in [3.8, 4) is 0 Å². The first kappa shape index (κ1) is 13.1. The Balaban J connectivity index is 1.89. The van der Waals surface area contributed by atoms with Crippen molar-refractivity contribution in [1.82, 2.24) is 20.6 Å². The SMILES string of the molecule is CC(C)(C(=O)NCc1cnc[nH]1)C1CCCNC1. The van der Waals surface area contributed by atoms with E-state index in [0.717, 1.165) is 31.6 Å². The van der Waals surface area contributed by atoms with Gasteiger partial charge in [0.05, 0.1) is 18.6 Å². The van der Waals surface area contributed by atoms with Gasteiger partial charge >= 0.3 is 0 Å². The topological polar surface area (TPSA) is 69.8 Å². The maximum absolute atomic E-state index is 12.3. The minimum Gasteiger partial charge on any atom is -0.350 e. The minimum atomic E-state index is -0.326. The Morgan fingerprint density at radius 3 is 3.06 bits per heavy atom. The molecule has 2 heterocycles. The predicted octanol–water partition coefficient (Wildman–Crippen LogP) is 1.05. The molecule has 5 nitrogen and oxygen atoms in total. The molecular formula is C13H22N4O. The molecule has 3 N–H and O–H groups in total. The molecule has 0 aliphatic carbocycles. The van der Waals surface area contributed by atoms with Gasteiger partial charge in [0.1, 0.15) is 0 Å². The van der Waals surface area contributed by atoms with Gasteiger partial charge in [-0.1, -0.05) is 13.8 Å². The van der Waals surface area contributed by atoms with E-state index in [0.29, 0.717) is 12.5 Å². The van der Waals surface area contributed by atoms with Crippen molar-refractivity contribution < 1.29 is 4.79 Å². The van der Waals surface area contributed by atoms with Gasteiger partial charge in [-0.3, -0.25) is 4.79 Å². The Hall–Kier alpha value is -1.36. The lowest BCUT2D eigenvalue weighted by Gasteiger charge is -2.36.